The van der Waals surface area contributed by atoms with Gasteiger partial charge in [0, 0.05) is 26.7 Å². The highest BCUT2D eigenvalue weighted by atomic mass is 32.2. The molecule has 29 heavy (non-hydrogen) atoms. The first kappa shape index (κ1) is 24.0. The predicted octanol–water partition coefficient (Wildman–Crippen LogP) is 4.34. The molecule has 0 aliphatic heterocycles. The van der Waals surface area contributed by atoms with Gasteiger partial charge in [-0.1, -0.05) is 26.7 Å². The van der Waals surface area contributed by atoms with E-state index in [0.717, 1.165) is 23.2 Å². The Morgan fingerprint density at radius 2 is 1.83 bits per heavy atom. The first-order valence-electron chi connectivity index (χ1n) is 9.92. The molecule has 0 spiro atoms. The summed E-state index contributed by atoms with van der Waals surface area (Å²) in [5, 5.41) is 12.1. The fourth-order valence-corrected chi connectivity index (χ4v) is 5.21. The van der Waals surface area contributed by atoms with Crippen LogP contribution in [-0.2, 0) is 16.2 Å². The zero-order chi connectivity index (χ0) is 21.9. The molecule has 1 fully saturated rings. The number of aliphatic hydroxyl groups is 1. The number of rotatable bonds is 9. The van der Waals surface area contributed by atoms with Crippen LogP contribution in [-0.4, -0.2) is 44.6 Å². The van der Waals surface area contributed by atoms with Gasteiger partial charge in [-0.3, -0.25) is 0 Å². The summed E-state index contributed by atoms with van der Waals surface area (Å²) >= 11 is 0. The summed E-state index contributed by atoms with van der Waals surface area (Å²) in [6, 6.07) is 2.79. The van der Waals surface area contributed by atoms with Gasteiger partial charge in [0.05, 0.1) is 11.3 Å². The van der Waals surface area contributed by atoms with E-state index in [9.17, 15) is 21.6 Å². The molecule has 9 heteroatoms. The second-order valence-corrected chi connectivity index (χ2v) is 10.4. The Morgan fingerprint density at radius 3 is 2.38 bits per heavy atom. The number of hydrogen-bond acceptors (Lipinski definition) is 4. The Kier molecular flexibility index (Phi) is 7.62. The summed E-state index contributed by atoms with van der Waals surface area (Å²) < 4.78 is 66.5. The van der Waals surface area contributed by atoms with Gasteiger partial charge in [-0.05, 0) is 48.8 Å². The molecule has 5 nitrogen and oxygen atoms in total. The molecule has 0 heterocycles. The summed E-state index contributed by atoms with van der Waals surface area (Å²) in [5.41, 5.74) is -0.949. The lowest BCUT2D eigenvalue weighted by Gasteiger charge is -2.32. The third-order valence-electron chi connectivity index (χ3n) is 5.82. The Bertz CT molecular complexity index is 789. The molecule has 0 atom stereocenters. The minimum absolute atomic E-state index is 0.0160. The normalized spacial score (nSPS) is 16.6. The highest BCUT2D eigenvalue weighted by Crippen LogP contribution is 2.40. The Morgan fingerprint density at radius 1 is 1.21 bits per heavy atom. The van der Waals surface area contributed by atoms with Crippen LogP contribution in [0.2, 0.25) is 0 Å². The molecule has 1 aromatic carbocycles. The molecule has 0 unspecified atom stereocenters. The van der Waals surface area contributed by atoms with Crippen molar-refractivity contribution in [1.82, 2.24) is 4.31 Å². The Hall–Kier alpha value is -1.32. The third-order valence-corrected chi connectivity index (χ3v) is 7.72. The van der Waals surface area contributed by atoms with Gasteiger partial charge in [0.1, 0.15) is 4.90 Å². The Labute approximate surface area is 171 Å². The van der Waals surface area contributed by atoms with E-state index in [2.05, 4.69) is 19.2 Å². The second-order valence-electron chi connectivity index (χ2n) is 8.44. The predicted molar refractivity (Wildman–Crippen MR) is 107 cm³/mol. The lowest BCUT2D eigenvalue weighted by molar-refractivity contribution is -0.137. The van der Waals surface area contributed by atoms with Gasteiger partial charge in [0.25, 0.3) is 0 Å². The molecule has 0 amide bonds. The van der Waals surface area contributed by atoms with Crippen molar-refractivity contribution in [2.45, 2.75) is 57.0 Å². The van der Waals surface area contributed by atoms with Crippen LogP contribution in [0.3, 0.4) is 0 Å². The van der Waals surface area contributed by atoms with Gasteiger partial charge in [-0.25, -0.2) is 12.7 Å². The van der Waals surface area contributed by atoms with Crippen LogP contribution in [0.15, 0.2) is 23.1 Å². The summed E-state index contributed by atoms with van der Waals surface area (Å²) in [6.07, 6.45) is 0.114. The number of halogens is 3. The second kappa shape index (κ2) is 9.22. The average molecular weight is 437 g/mol. The molecule has 0 saturated heterocycles. The maximum Gasteiger partial charge on any atom is 0.416 e. The van der Waals surface area contributed by atoms with Crippen molar-refractivity contribution < 1.29 is 26.7 Å². The van der Waals surface area contributed by atoms with E-state index in [0.29, 0.717) is 18.5 Å². The Balaban J connectivity index is 2.35. The van der Waals surface area contributed by atoms with Gasteiger partial charge < -0.3 is 10.4 Å². The minimum atomic E-state index is -4.64. The molecule has 1 aliphatic carbocycles. The number of hydrogen-bond donors (Lipinski definition) is 2. The highest BCUT2D eigenvalue weighted by molar-refractivity contribution is 7.89. The van der Waals surface area contributed by atoms with Gasteiger partial charge in [0.15, 0.2) is 0 Å². The molecule has 0 bridgehead atoms. The van der Waals surface area contributed by atoms with Crippen molar-refractivity contribution in [3.8, 4) is 0 Å². The van der Waals surface area contributed by atoms with Gasteiger partial charge in [0.2, 0.25) is 10.0 Å². The van der Waals surface area contributed by atoms with Gasteiger partial charge >= 0.3 is 6.18 Å². The van der Waals surface area contributed by atoms with Crippen LogP contribution in [0, 0.1) is 11.3 Å². The molecule has 2 N–H and O–H groups in total. The van der Waals surface area contributed by atoms with Crippen LogP contribution >= 0.6 is 0 Å². The van der Waals surface area contributed by atoms with Crippen LogP contribution in [0.1, 0.15) is 51.5 Å². The molecule has 1 aliphatic rings. The van der Waals surface area contributed by atoms with E-state index in [-0.39, 0.29) is 30.7 Å². The van der Waals surface area contributed by atoms with Crippen molar-refractivity contribution >= 4 is 15.7 Å². The smallest absolute Gasteiger partial charge is 0.396 e. The molecular weight excluding hydrogens is 405 g/mol. The monoisotopic (exact) mass is 436 g/mol. The number of nitrogens with one attached hydrogen (secondary N) is 1. The van der Waals surface area contributed by atoms with Crippen LogP contribution in [0.5, 0.6) is 0 Å². The third kappa shape index (κ3) is 5.86. The summed E-state index contributed by atoms with van der Waals surface area (Å²) in [6.45, 7) is 4.47. The SMILES string of the molecule is CN(CCCO)S(=O)(=O)c1cc(C(F)(F)F)ccc1NCC(C)(C)C1CCCC1. The number of anilines is 1. The number of sulfonamides is 1. The molecular formula is C20H31F3N2O3S. The van der Waals surface area contributed by atoms with Crippen LogP contribution in [0.4, 0.5) is 18.9 Å². The molecule has 1 saturated carbocycles. The van der Waals surface area contributed by atoms with Crippen molar-refractivity contribution in [3.05, 3.63) is 23.8 Å². The standard InChI is InChI=1S/C20H31F3N2O3S/c1-19(2,15-7-4-5-8-15)14-24-17-10-9-16(20(21,22)23)13-18(17)29(27,28)25(3)11-6-12-26/h9-10,13,15,24,26H,4-8,11-12,14H2,1-3H3. The number of aliphatic hydroxyl groups excluding tert-OH is 1. The van der Waals surface area contributed by atoms with Crippen LogP contribution < -0.4 is 5.32 Å². The van der Waals surface area contributed by atoms with E-state index < -0.39 is 26.7 Å². The molecule has 1 aromatic rings. The van der Waals surface area contributed by atoms with Crippen LogP contribution in [0.25, 0.3) is 0 Å². The molecule has 0 aromatic heterocycles. The van der Waals surface area contributed by atoms with E-state index in [1.807, 2.05) is 0 Å². The quantitative estimate of drug-likeness (QED) is 0.604. The maximum atomic E-state index is 13.2. The zero-order valence-corrected chi connectivity index (χ0v) is 18.0. The first-order valence-corrected chi connectivity index (χ1v) is 11.4. The zero-order valence-electron chi connectivity index (χ0n) is 17.2. The largest absolute Gasteiger partial charge is 0.416 e. The fourth-order valence-electron chi connectivity index (χ4n) is 3.81. The van der Waals surface area contributed by atoms with Crippen molar-refractivity contribution in [1.29, 1.82) is 0 Å². The van der Waals surface area contributed by atoms with E-state index in [1.165, 1.54) is 26.0 Å². The van der Waals surface area contributed by atoms with Crippen molar-refractivity contribution in [2.75, 3.05) is 32.1 Å². The van der Waals surface area contributed by atoms with E-state index in [1.54, 1.807) is 0 Å². The topological polar surface area (TPSA) is 69.6 Å². The molecule has 166 valence electrons. The molecule has 2 rings (SSSR count). The fraction of sp³-hybridized carbons (Fsp3) is 0.700. The number of alkyl halides is 3. The van der Waals surface area contributed by atoms with Gasteiger partial charge in [-0.2, -0.15) is 13.2 Å². The lowest BCUT2D eigenvalue weighted by Crippen LogP contribution is -2.32. The summed E-state index contributed by atoms with van der Waals surface area (Å²) in [4.78, 5) is -0.394. The molecule has 0 radical (unpaired) electrons. The van der Waals surface area contributed by atoms with Gasteiger partial charge in [-0.15, -0.1) is 0 Å². The summed E-state index contributed by atoms with van der Waals surface area (Å²) in [5.74, 6) is 0.497. The van der Waals surface area contributed by atoms with Crippen molar-refractivity contribution in [3.63, 3.8) is 0 Å². The maximum absolute atomic E-state index is 13.2. The number of nitrogens with zero attached hydrogens (tertiary/aromatic N) is 1. The van der Waals surface area contributed by atoms with E-state index in [4.69, 9.17) is 5.11 Å². The highest BCUT2D eigenvalue weighted by Gasteiger charge is 2.35. The van der Waals surface area contributed by atoms with Crippen molar-refractivity contribution in [2.24, 2.45) is 11.3 Å². The lowest BCUT2D eigenvalue weighted by atomic mass is 9.77. The van der Waals surface area contributed by atoms with E-state index >= 15 is 0 Å². The first-order chi connectivity index (χ1) is 13.4. The average Bonchev–Trinajstić information content (AvgIpc) is 3.19. The minimum Gasteiger partial charge on any atom is -0.396 e. The number of benzene rings is 1. The summed E-state index contributed by atoms with van der Waals surface area (Å²) in [7, 11) is -2.85.